The highest BCUT2D eigenvalue weighted by atomic mass is 19.1. The number of rotatable bonds is 3. The summed E-state index contributed by atoms with van der Waals surface area (Å²) in [6.07, 6.45) is 3.26. The molecular weight excluding hydrogens is 259 g/mol. The molecule has 0 atom stereocenters. The van der Waals surface area contributed by atoms with E-state index in [0.717, 1.165) is 0 Å². The zero-order valence-electron chi connectivity index (χ0n) is 10.6. The van der Waals surface area contributed by atoms with Crippen LogP contribution in [0.2, 0.25) is 0 Å². The van der Waals surface area contributed by atoms with Gasteiger partial charge >= 0.3 is 0 Å². The molecule has 0 radical (unpaired) electrons. The Balaban J connectivity index is 2.16. The maximum absolute atomic E-state index is 13.2. The number of amides is 1. The second-order valence-electron chi connectivity index (χ2n) is 3.91. The van der Waals surface area contributed by atoms with Gasteiger partial charge in [-0.05, 0) is 18.2 Å². The quantitative estimate of drug-likeness (QED) is 0.722. The fraction of sp³-hybridized carbons (Fsp3) is 0.143. The Morgan fingerprint density at radius 1 is 1.50 bits per heavy atom. The number of nitrogens with zero attached hydrogens (tertiary/aromatic N) is 1. The predicted octanol–water partition coefficient (Wildman–Crippen LogP) is 0.789. The molecule has 0 aliphatic heterocycles. The third-order valence-corrected chi connectivity index (χ3v) is 2.52. The lowest BCUT2D eigenvalue weighted by molar-refractivity contribution is 0.0949. The minimum absolute atomic E-state index is 0.143. The Bertz CT molecular complexity index is 656. The summed E-state index contributed by atoms with van der Waals surface area (Å²) in [7, 11) is 0. The van der Waals surface area contributed by atoms with Crippen LogP contribution in [0.25, 0.3) is 0 Å². The molecule has 0 saturated heterocycles. The number of halogens is 1. The number of aromatic amines is 1. The third-order valence-electron chi connectivity index (χ3n) is 2.52. The van der Waals surface area contributed by atoms with Gasteiger partial charge in [0.1, 0.15) is 11.6 Å². The fourth-order valence-corrected chi connectivity index (χ4v) is 1.62. The first-order valence-corrected chi connectivity index (χ1v) is 5.95. The Hall–Kier alpha value is -2.65. The van der Waals surface area contributed by atoms with Crippen molar-refractivity contribution in [2.75, 3.05) is 6.54 Å². The van der Waals surface area contributed by atoms with E-state index in [2.05, 4.69) is 27.1 Å². The van der Waals surface area contributed by atoms with Gasteiger partial charge in [0.2, 0.25) is 0 Å². The van der Waals surface area contributed by atoms with Gasteiger partial charge in [-0.15, -0.1) is 0 Å². The van der Waals surface area contributed by atoms with E-state index in [0.29, 0.717) is 17.0 Å². The topological polar surface area (TPSA) is 83.8 Å². The van der Waals surface area contributed by atoms with Crippen LogP contribution in [0.4, 0.5) is 4.39 Å². The molecule has 0 fully saturated rings. The number of carbonyl (C=O) groups excluding carboxylic acids is 1. The number of nitrogens with two attached hydrogens (primary N) is 1. The van der Waals surface area contributed by atoms with E-state index in [4.69, 9.17) is 5.73 Å². The monoisotopic (exact) mass is 272 g/mol. The fourth-order valence-electron chi connectivity index (χ4n) is 1.62. The van der Waals surface area contributed by atoms with Gasteiger partial charge in [0, 0.05) is 18.0 Å². The lowest BCUT2D eigenvalue weighted by Gasteiger charge is -2.06. The van der Waals surface area contributed by atoms with Crippen molar-refractivity contribution in [2.45, 2.75) is 6.54 Å². The number of hydrogen-bond donors (Lipinski definition) is 3. The number of carbonyl (C=O) groups is 1. The van der Waals surface area contributed by atoms with Gasteiger partial charge in [-0.25, -0.2) is 9.37 Å². The molecule has 20 heavy (non-hydrogen) atoms. The van der Waals surface area contributed by atoms with Gasteiger partial charge in [-0.3, -0.25) is 4.79 Å². The summed E-state index contributed by atoms with van der Waals surface area (Å²) in [6.45, 7) is 0.400. The number of aromatic nitrogens is 2. The molecule has 0 aliphatic carbocycles. The van der Waals surface area contributed by atoms with Crippen LogP contribution in [0.15, 0.2) is 30.6 Å². The van der Waals surface area contributed by atoms with E-state index >= 15 is 0 Å². The number of H-pyrrole nitrogens is 1. The molecule has 4 N–H and O–H groups in total. The Kier molecular flexibility index (Phi) is 4.47. The number of benzene rings is 1. The smallest absolute Gasteiger partial charge is 0.252 e. The lowest BCUT2D eigenvalue weighted by atomic mass is 10.1. The maximum atomic E-state index is 13.2. The molecule has 1 aromatic heterocycles. The van der Waals surface area contributed by atoms with Crippen molar-refractivity contribution in [1.29, 1.82) is 0 Å². The van der Waals surface area contributed by atoms with Crippen LogP contribution < -0.4 is 11.1 Å². The van der Waals surface area contributed by atoms with Gasteiger partial charge in [0.15, 0.2) is 0 Å². The van der Waals surface area contributed by atoms with Crippen LogP contribution >= 0.6 is 0 Å². The van der Waals surface area contributed by atoms with Crippen LogP contribution in [0.3, 0.4) is 0 Å². The SMILES string of the molecule is NCC#Cc1cc(F)ccc1C(=O)NCc1ncc[nH]1. The molecule has 2 rings (SSSR count). The summed E-state index contributed by atoms with van der Waals surface area (Å²) in [5.41, 5.74) is 5.90. The largest absolute Gasteiger partial charge is 0.347 e. The average Bonchev–Trinajstić information content (AvgIpc) is 2.96. The van der Waals surface area contributed by atoms with E-state index < -0.39 is 5.82 Å². The molecule has 0 saturated carbocycles. The highest BCUT2D eigenvalue weighted by Crippen LogP contribution is 2.10. The average molecular weight is 272 g/mol. The van der Waals surface area contributed by atoms with E-state index in [1.807, 2.05) is 0 Å². The highest BCUT2D eigenvalue weighted by molar-refractivity contribution is 5.96. The summed E-state index contributed by atoms with van der Waals surface area (Å²) in [5.74, 6) is 5.14. The van der Waals surface area contributed by atoms with Crippen molar-refractivity contribution in [2.24, 2.45) is 5.73 Å². The van der Waals surface area contributed by atoms with Crippen LogP contribution in [0.1, 0.15) is 21.7 Å². The first-order chi connectivity index (χ1) is 9.70. The van der Waals surface area contributed by atoms with Crippen molar-refractivity contribution >= 4 is 5.91 Å². The third kappa shape index (κ3) is 3.43. The summed E-state index contributed by atoms with van der Waals surface area (Å²) >= 11 is 0. The summed E-state index contributed by atoms with van der Waals surface area (Å²) < 4.78 is 13.2. The van der Waals surface area contributed by atoms with Crippen molar-refractivity contribution < 1.29 is 9.18 Å². The zero-order valence-corrected chi connectivity index (χ0v) is 10.6. The minimum atomic E-state index is -0.450. The molecule has 6 heteroatoms. The first kappa shape index (κ1) is 13.8. The molecule has 102 valence electrons. The molecule has 5 nitrogen and oxygen atoms in total. The summed E-state index contributed by atoms with van der Waals surface area (Å²) in [5, 5.41) is 2.68. The van der Waals surface area contributed by atoms with Crippen molar-refractivity contribution in [1.82, 2.24) is 15.3 Å². The predicted molar refractivity (Wildman–Crippen MR) is 72.1 cm³/mol. The second-order valence-corrected chi connectivity index (χ2v) is 3.91. The van der Waals surface area contributed by atoms with Gasteiger partial charge in [-0.1, -0.05) is 11.8 Å². The first-order valence-electron chi connectivity index (χ1n) is 5.95. The maximum Gasteiger partial charge on any atom is 0.252 e. The second kappa shape index (κ2) is 6.50. The zero-order chi connectivity index (χ0) is 14.4. The van der Waals surface area contributed by atoms with Crippen molar-refractivity contribution in [3.05, 3.63) is 53.4 Å². The normalized spacial score (nSPS) is 9.70. The Morgan fingerprint density at radius 2 is 2.35 bits per heavy atom. The Morgan fingerprint density at radius 3 is 3.05 bits per heavy atom. The molecule has 0 bridgehead atoms. The highest BCUT2D eigenvalue weighted by Gasteiger charge is 2.11. The van der Waals surface area contributed by atoms with Gasteiger partial charge in [0.25, 0.3) is 5.91 Å². The molecule has 2 aromatic rings. The number of nitrogens with one attached hydrogen (secondary N) is 2. The summed E-state index contributed by atoms with van der Waals surface area (Å²) in [4.78, 5) is 18.9. The lowest BCUT2D eigenvalue weighted by Crippen LogP contribution is -2.24. The van der Waals surface area contributed by atoms with Gasteiger partial charge in [0.05, 0.1) is 18.7 Å². The standard InChI is InChI=1S/C14H13FN4O/c15-11-3-4-12(10(8-11)2-1-5-16)14(20)19-9-13-17-6-7-18-13/h3-4,6-8H,5,9,16H2,(H,17,18)(H,19,20). The minimum Gasteiger partial charge on any atom is -0.347 e. The van der Waals surface area contributed by atoms with E-state index in [1.165, 1.54) is 18.2 Å². The number of imidazole rings is 1. The molecule has 0 aliphatic rings. The molecule has 1 heterocycles. The molecule has 1 aromatic carbocycles. The van der Waals surface area contributed by atoms with Crippen LogP contribution in [-0.4, -0.2) is 22.4 Å². The van der Waals surface area contributed by atoms with E-state index in [9.17, 15) is 9.18 Å². The van der Waals surface area contributed by atoms with E-state index in [-0.39, 0.29) is 19.0 Å². The van der Waals surface area contributed by atoms with Crippen molar-refractivity contribution in [3.8, 4) is 11.8 Å². The van der Waals surface area contributed by atoms with Gasteiger partial charge < -0.3 is 16.0 Å². The van der Waals surface area contributed by atoms with Crippen molar-refractivity contribution in [3.63, 3.8) is 0 Å². The molecule has 0 unspecified atom stereocenters. The van der Waals surface area contributed by atoms with Crippen LogP contribution in [-0.2, 0) is 6.54 Å². The van der Waals surface area contributed by atoms with E-state index in [1.54, 1.807) is 12.4 Å². The Labute approximate surface area is 115 Å². The van der Waals surface area contributed by atoms with Gasteiger partial charge in [-0.2, -0.15) is 0 Å². The molecule has 0 spiro atoms. The molecule has 1 amide bonds. The van der Waals surface area contributed by atoms with Crippen LogP contribution in [0.5, 0.6) is 0 Å². The molecular formula is C14H13FN4O. The van der Waals surface area contributed by atoms with Crippen LogP contribution in [0, 0.1) is 17.7 Å². The summed E-state index contributed by atoms with van der Waals surface area (Å²) in [6, 6.07) is 3.83. The number of hydrogen-bond acceptors (Lipinski definition) is 3.